The molecule has 0 aromatic heterocycles. The Hall–Kier alpha value is -2.29. The molecule has 0 aliphatic carbocycles. The van der Waals surface area contributed by atoms with E-state index in [1.165, 1.54) is 244 Å². The summed E-state index contributed by atoms with van der Waals surface area (Å²) >= 11 is 0. The van der Waals surface area contributed by atoms with Crippen molar-refractivity contribution in [2.24, 2.45) is 5.73 Å². The first-order valence-corrected chi connectivity index (χ1v) is 36.3. The summed E-state index contributed by atoms with van der Waals surface area (Å²) in [6.45, 7) is 3.69. The number of phosphoric ester groups is 1. The Kier molecular flexibility index (Phi) is 65.0. The van der Waals surface area contributed by atoms with Gasteiger partial charge in [0.25, 0.3) is 0 Å². The highest BCUT2D eigenvalue weighted by Gasteiger charge is 2.26. The van der Waals surface area contributed by atoms with Crippen molar-refractivity contribution in [1.82, 2.24) is 0 Å². The van der Waals surface area contributed by atoms with Crippen molar-refractivity contribution in [3.05, 3.63) is 60.8 Å². The predicted molar refractivity (Wildman–Crippen MR) is 349 cm³/mol. The fraction of sp³-hybridized carbons (Fsp3) is 0.831. The Labute approximate surface area is 501 Å². The van der Waals surface area contributed by atoms with Gasteiger partial charge >= 0.3 is 19.8 Å². The first kappa shape index (κ1) is 78.7. The number of ether oxygens (including phenoxy) is 2. The molecule has 0 amide bonds. The second-order valence-electron chi connectivity index (χ2n) is 23.4. The van der Waals surface area contributed by atoms with Gasteiger partial charge in [-0.2, -0.15) is 0 Å². The van der Waals surface area contributed by atoms with E-state index in [0.717, 1.165) is 70.6 Å². The highest BCUT2D eigenvalue weighted by molar-refractivity contribution is 7.47. The average Bonchev–Trinajstić information content (AvgIpc) is 3.46. The Morgan fingerprint density at radius 1 is 0.383 bits per heavy atom. The van der Waals surface area contributed by atoms with Crippen molar-refractivity contribution in [2.45, 2.75) is 354 Å². The largest absolute Gasteiger partial charge is 0.472 e. The molecule has 2 unspecified atom stereocenters. The first-order chi connectivity index (χ1) is 39.8. The van der Waals surface area contributed by atoms with Crippen LogP contribution in [0.25, 0.3) is 0 Å². The summed E-state index contributed by atoms with van der Waals surface area (Å²) < 4.78 is 33.2. The molecule has 0 aliphatic rings. The van der Waals surface area contributed by atoms with Crippen LogP contribution < -0.4 is 5.73 Å². The summed E-state index contributed by atoms with van der Waals surface area (Å²) in [5.41, 5.74) is 5.40. The Morgan fingerprint density at radius 3 is 1.01 bits per heavy atom. The van der Waals surface area contributed by atoms with Gasteiger partial charge in [-0.25, -0.2) is 4.57 Å². The third-order valence-electron chi connectivity index (χ3n) is 15.4. The van der Waals surface area contributed by atoms with E-state index in [1.807, 2.05) is 0 Å². The molecule has 0 aromatic rings. The zero-order valence-corrected chi connectivity index (χ0v) is 54.2. The maximum Gasteiger partial charge on any atom is 0.472 e. The number of rotatable bonds is 66. The van der Waals surface area contributed by atoms with E-state index in [4.69, 9.17) is 24.3 Å². The predicted octanol–water partition coefficient (Wildman–Crippen LogP) is 22.6. The Morgan fingerprint density at radius 2 is 0.679 bits per heavy atom. The number of carbonyl (C=O) groups excluding carboxylic acids is 2. The molecule has 0 bridgehead atoms. The number of esters is 2. The average molecular weight is 1160 g/mol. The van der Waals surface area contributed by atoms with Crippen LogP contribution >= 0.6 is 7.82 Å². The van der Waals surface area contributed by atoms with Crippen molar-refractivity contribution in [3.8, 4) is 0 Å². The lowest BCUT2D eigenvalue weighted by molar-refractivity contribution is -0.161. The van der Waals surface area contributed by atoms with Gasteiger partial charge in [-0.3, -0.25) is 18.6 Å². The van der Waals surface area contributed by atoms with E-state index >= 15 is 0 Å². The van der Waals surface area contributed by atoms with Crippen LogP contribution in [0.1, 0.15) is 348 Å². The molecular formula is C71H132NO8P. The minimum atomic E-state index is -4.39. The maximum absolute atomic E-state index is 12.8. The molecule has 474 valence electrons. The van der Waals surface area contributed by atoms with Gasteiger partial charge in [0.1, 0.15) is 6.61 Å². The third kappa shape index (κ3) is 66.7. The lowest BCUT2D eigenvalue weighted by Gasteiger charge is -2.19. The van der Waals surface area contributed by atoms with E-state index in [2.05, 4.69) is 74.6 Å². The standard InChI is InChI=1S/C71H132NO8P/c1-3-5-7-9-11-13-15-17-19-21-23-25-27-29-31-33-34-36-37-39-41-43-45-47-49-51-53-55-57-59-61-63-70(73)77-67-69(68-79-81(75,76)78-66-65-72)80-71(74)64-62-60-58-56-54-52-50-48-46-44-42-40-38-35-32-30-28-26-24-22-20-18-16-14-12-10-8-6-4-2/h6,8,12,14,18,20,24,26,30,32,69H,3-5,7,9-11,13,15-17,19,21-23,25,27-29,31,33-68,72H2,1-2H3,(H,75,76)/b8-6-,14-12-,20-18-,26-24-,32-30-. The fourth-order valence-corrected chi connectivity index (χ4v) is 11.1. The van der Waals surface area contributed by atoms with Crippen LogP contribution in [-0.2, 0) is 32.7 Å². The number of hydrogen-bond acceptors (Lipinski definition) is 8. The van der Waals surface area contributed by atoms with Crippen molar-refractivity contribution in [1.29, 1.82) is 0 Å². The van der Waals surface area contributed by atoms with Crippen molar-refractivity contribution in [3.63, 3.8) is 0 Å². The molecule has 0 rings (SSSR count). The number of allylic oxidation sites excluding steroid dienone is 10. The van der Waals surface area contributed by atoms with Crippen LogP contribution in [0.2, 0.25) is 0 Å². The van der Waals surface area contributed by atoms with Crippen LogP contribution in [0.3, 0.4) is 0 Å². The van der Waals surface area contributed by atoms with Crippen LogP contribution in [0.5, 0.6) is 0 Å². The maximum atomic E-state index is 12.8. The molecule has 0 saturated carbocycles. The SMILES string of the molecule is CC/C=C\C/C=C\C/C=C\C/C=C\C/C=C\CCCCCCCCCCCCCCCC(=O)OC(COC(=O)CCCCCCCCCCCCCCCCCCCCCCCCCCCCCCCCC)COP(=O)(O)OCCN. The van der Waals surface area contributed by atoms with E-state index in [9.17, 15) is 19.0 Å². The van der Waals surface area contributed by atoms with Gasteiger partial charge in [0.05, 0.1) is 13.2 Å². The number of nitrogens with two attached hydrogens (primary N) is 1. The normalized spacial score (nSPS) is 13.3. The number of carbonyl (C=O) groups is 2. The van der Waals surface area contributed by atoms with Crippen LogP contribution in [0.15, 0.2) is 60.8 Å². The van der Waals surface area contributed by atoms with Gasteiger partial charge in [-0.05, 0) is 57.8 Å². The summed E-state index contributed by atoms with van der Waals surface area (Å²) in [6.07, 6.45) is 86.0. The molecule has 2 atom stereocenters. The zero-order valence-electron chi connectivity index (χ0n) is 53.3. The quantitative estimate of drug-likeness (QED) is 0.0264. The molecule has 10 heteroatoms. The highest BCUT2D eigenvalue weighted by Crippen LogP contribution is 2.43. The summed E-state index contributed by atoms with van der Waals surface area (Å²) in [5.74, 6) is -0.813. The summed E-state index contributed by atoms with van der Waals surface area (Å²) in [4.78, 5) is 35.4. The second kappa shape index (κ2) is 66.8. The van der Waals surface area contributed by atoms with Gasteiger partial charge in [0, 0.05) is 19.4 Å². The van der Waals surface area contributed by atoms with Gasteiger partial charge in [0.2, 0.25) is 0 Å². The lowest BCUT2D eigenvalue weighted by Crippen LogP contribution is -2.29. The van der Waals surface area contributed by atoms with Crippen molar-refractivity contribution >= 4 is 19.8 Å². The molecule has 0 saturated heterocycles. The molecule has 0 spiro atoms. The summed E-state index contributed by atoms with van der Waals surface area (Å²) in [5, 5.41) is 0. The minimum Gasteiger partial charge on any atom is -0.462 e. The van der Waals surface area contributed by atoms with Crippen LogP contribution in [0, 0.1) is 0 Å². The van der Waals surface area contributed by atoms with Crippen molar-refractivity contribution < 1.29 is 37.6 Å². The third-order valence-corrected chi connectivity index (χ3v) is 16.4. The highest BCUT2D eigenvalue weighted by atomic mass is 31.2. The molecule has 0 heterocycles. The summed E-state index contributed by atoms with van der Waals surface area (Å²) in [6, 6.07) is 0. The second-order valence-corrected chi connectivity index (χ2v) is 24.8. The Bertz CT molecular complexity index is 1510. The molecule has 81 heavy (non-hydrogen) atoms. The van der Waals surface area contributed by atoms with Crippen LogP contribution in [0.4, 0.5) is 0 Å². The van der Waals surface area contributed by atoms with E-state index in [1.54, 1.807) is 0 Å². The van der Waals surface area contributed by atoms with E-state index in [-0.39, 0.29) is 38.6 Å². The minimum absolute atomic E-state index is 0.0535. The number of unbranched alkanes of at least 4 members (excludes halogenated alkanes) is 43. The van der Waals surface area contributed by atoms with Crippen molar-refractivity contribution in [2.75, 3.05) is 26.4 Å². The van der Waals surface area contributed by atoms with Gasteiger partial charge < -0.3 is 20.1 Å². The molecule has 0 aliphatic heterocycles. The van der Waals surface area contributed by atoms with Gasteiger partial charge in [-0.15, -0.1) is 0 Å². The van der Waals surface area contributed by atoms with Gasteiger partial charge in [-0.1, -0.05) is 338 Å². The van der Waals surface area contributed by atoms with E-state index < -0.39 is 26.5 Å². The number of hydrogen-bond donors (Lipinski definition) is 2. The molecule has 0 radical (unpaired) electrons. The molecule has 3 N–H and O–H groups in total. The molecule has 0 aromatic carbocycles. The lowest BCUT2D eigenvalue weighted by atomic mass is 10.0. The first-order valence-electron chi connectivity index (χ1n) is 34.8. The Balaban J connectivity index is 3.84. The van der Waals surface area contributed by atoms with Crippen LogP contribution in [-0.4, -0.2) is 49.3 Å². The fourth-order valence-electron chi connectivity index (χ4n) is 10.3. The molecular weight excluding hydrogens is 1030 g/mol. The molecule has 0 fully saturated rings. The number of phosphoric acid groups is 1. The zero-order chi connectivity index (χ0) is 58.7. The topological polar surface area (TPSA) is 134 Å². The summed E-state index contributed by atoms with van der Waals surface area (Å²) in [7, 11) is -4.39. The van der Waals surface area contributed by atoms with E-state index in [0.29, 0.717) is 6.42 Å². The smallest absolute Gasteiger partial charge is 0.462 e. The monoisotopic (exact) mass is 1160 g/mol. The molecule has 9 nitrogen and oxygen atoms in total. The van der Waals surface area contributed by atoms with Gasteiger partial charge in [0.15, 0.2) is 6.10 Å².